The van der Waals surface area contributed by atoms with Crippen LogP contribution in [0.2, 0.25) is 0 Å². The molecule has 2 rings (SSSR count). The minimum absolute atomic E-state index is 0.0296. The maximum atomic E-state index is 11.4. The predicted molar refractivity (Wildman–Crippen MR) is 77.7 cm³/mol. The van der Waals surface area contributed by atoms with Gasteiger partial charge in [0.25, 0.3) is 0 Å². The van der Waals surface area contributed by atoms with E-state index in [9.17, 15) is 14.3 Å². The normalized spacial score (nSPS) is 11.4. The number of pyridine rings is 1. The van der Waals surface area contributed by atoms with Crippen LogP contribution in [0.15, 0.2) is 41.3 Å². The molecule has 8 heteroatoms. The van der Waals surface area contributed by atoms with Gasteiger partial charge in [-0.05, 0) is 24.3 Å². The molecular formula is C13H10N4O3S. The summed E-state index contributed by atoms with van der Waals surface area (Å²) < 4.78 is 11.4. The highest BCUT2D eigenvalue weighted by molar-refractivity contribution is 7.84. The third-order valence-corrected chi connectivity index (χ3v) is 3.53. The number of nitriles is 1. The molecule has 21 heavy (non-hydrogen) atoms. The zero-order chi connectivity index (χ0) is 15.4. The number of nitrogens with zero attached hydrogens (tertiary/aromatic N) is 3. The maximum absolute atomic E-state index is 11.4. The number of nitrogens with one attached hydrogen (secondary N) is 1. The van der Waals surface area contributed by atoms with Crippen LogP contribution < -0.4 is 5.32 Å². The quantitative estimate of drug-likeness (QED) is 0.685. The van der Waals surface area contributed by atoms with Crippen molar-refractivity contribution in [3.63, 3.8) is 0 Å². The monoisotopic (exact) mass is 302 g/mol. The lowest BCUT2D eigenvalue weighted by Gasteiger charge is -2.07. The molecule has 1 unspecified atom stereocenters. The van der Waals surface area contributed by atoms with E-state index in [1.807, 2.05) is 6.07 Å². The van der Waals surface area contributed by atoms with Gasteiger partial charge in [0.05, 0.1) is 4.92 Å². The van der Waals surface area contributed by atoms with Crippen molar-refractivity contribution < 1.29 is 9.13 Å². The lowest BCUT2D eigenvalue weighted by atomic mass is 10.3. The van der Waals surface area contributed by atoms with Crippen molar-refractivity contribution >= 4 is 28.0 Å². The van der Waals surface area contributed by atoms with Crippen molar-refractivity contribution in [2.45, 2.75) is 4.90 Å². The Kier molecular flexibility index (Phi) is 4.25. The summed E-state index contributed by atoms with van der Waals surface area (Å²) in [6.07, 6.45) is 1.54. The topological polar surface area (TPSA) is 109 Å². The highest BCUT2D eigenvalue weighted by atomic mass is 32.2. The van der Waals surface area contributed by atoms with Gasteiger partial charge in [0, 0.05) is 33.7 Å². The van der Waals surface area contributed by atoms with E-state index >= 15 is 0 Å². The van der Waals surface area contributed by atoms with Crippen molar-refractivity contribution in [1.82, 2.24) is 4.98 Å². The van der Waals surface area contributed by atoms with Crippen LogP contribution >= 0.6 is 0 Å². The second-order valence-electron chi connectivity index (χ2n) is 4.04. The van der Waals surface area contributed by atoms with Crippen LogP contribution in [0.5, 0.6) is 0 Å². The van der Waals surface area contributed by atoms with Gasteiger partial charge in [-0.25, -0.2) is 4.98 Å². The fourth-order valence-electron chi connectivity index (χ4n) is 1.64. The number of aromatic nitrogens is 1. The smallest absolute Gasteiger partial charge is 0.311 e. The Morgan fingerprint density at radius 2 is 2.14 bits per heavy atom. The Hall–Kier alpha value is -2.79. The van der Waals surface area contributed by atoms with Gasteiger partial charge in [-0.3, -0.25) is 14.3 Å². The average molecular weight is 302 g/mol. The molecule has 0 bridgehead atoms. The van der Waals surface area contributed by atoms with Crippen LogP contribution in [0.25, 0.3) is 0 Å². The molecule has 0 aliphatic heterocycles. The first-order valence-corrected chi connectivity index (χ1v) is 7.33. The zero-order valence-electron chi connectivity index (χ0n) is 10.9. The molecule has 0 amide bonds. The van der Waals surface area contributed by atoms with Gasteiger partial charge in [-0.1, -0.05) is 6.07 Å². The van der Waals surface area contributed by atoms with Crippen molar-refractivity contribution in [3.05, 3.63) is 52.2 Å². The number of hydrogen-bond donors (Lipinski definition) is 1. The van der Waals surface area contributed by atoms with E-state index in [1.54, 1.807) is 24.3 Å². The molecule has 2 aromatic rings. The summed E-state index contributed by atoms with van der Waals surface area (Å²) in [4.78, 5) is 14.9. The zero-order valence-corrected chi connectivity index (χ0v) is 11.8. The number of hydrogen-bond acceptors (Lipinski definition) is 6. The Labute approximate surface area is 122 Å². The molecule has 0 spiro atoms. The Morgan fingerprint density at radius 3 is 2.76 bits per heavy atom. The molecule has 0 saturated carbocycles. The summed E-state index contributed by atoms with van der Waals surface area (Å²) in [5, 5.41) is 22.6. The lowest BCUT2D eigenvalue weighted by Crippen LogP contribution is -2.01. The third kappa shape index (κ3) is 3.40. The Morgan fingerprint density at radius 1 is 1.38 bits per heavy atom. The minimum atomic E-state index is -1.16. The van der Waals surface area contributed by atoms with E-state index in [1.165, 1.54) is 18.4 Å². The van der Waals surface area contributed by atoms with Crippen molar-refractivity contribution in [1.29, 1.82) is 5.26 Å². The molecule has 106 valence electrons. The molecule has 1 aromatic heterocycles. The number of anilines is 2. The van der Waals surface area contributed by atoms with E-state index in [-0.39, 0.29) is 17.2 Å². The SMILES string of the molecule is CS(=O)c1cccc(Nc2nc(C#N)ccc2[N+](=O)[O-])c1. The molecule has 0 aliphatic carbocycles. The van der Waals surface area contributed by atoms with Crippen molar-refractivity contribution in [3.8, 4) is 6.07 Å². The van der Waals surface area contributed by atoms with E-state index in [2.05, 4.69) is 10.3 Å². The second kappa shape index (κ2) is 6.11. The highest BCUT2D eigenvalue weighted by Gasteiger charge is 2.16. The minimum Gasteiger partial charge on any atom is -0.334 e. The molecule has 0 aliphatic rings. The highest BCUT2D eigenvalue weighted by Crippen LogP contribution is 2.26. The molecule has 0 radical (unpaired) electrons. The first-order chi connectivity index (χ1) is 10.0. The van der Waals surface area contributed by atoms with Crippen LogP contribution in [-0.4, -0.2) is 20.4 Å². The van der Waals surface area contributed by atoms with Crippen LogP contribution in [0.1, 0.15) is 5.69 Å². The number of benzene rings is 1. The van der Waals surface area contributed by atoms with Gasteiger partial charge in [0.15, 0.2) is 0 Å². The van der Waals surface area contributed by atoms with Crippen LogP contribution in [0, 0.1) is 21.4 Å². The maximum Gasteiger partial charge on any atom is 0.311 e. The molecule has 1 N–H and O–H groups in total. The summed E-state index contributed by atoms with van der Waals surface area (Å²) >= 11 is 0. The van der Waals surface area contributed by atoms with E-state index in [4.69, 9.17) is 5.26 Å². The van der Waals surface area contributed by atoms with Gasteiger partial charge in [0.2, 0.25) is 5.82 Å². The van der Waals surface area contributed by atoms with Crippen molar-refractivity contribution in [2.75, 3.05) is 11.6 Å². The molecule has 7 nitrogen and oxygen atoms in total. The van der Waals surface area contributed by atoms with Gasteiger partial charge in [-0.2, -0.15) is 5.26 Å². The Balaban J connectivity index is 2.43. The van der Waals surface area contributed by atoms with Gasteiger partial charge < -0.3 is 5.32 Å². The van der Waals surface area contributed by atoms with E-state index in [0.717, 1.165) is 0 Å². The summed E-state index contributed by atoms with van der Waals surface area (Å²) in [5.41, 5.74) is 0.337. The summed E-state index contributed by atoms with van der Waals surface area (Å²) in [7, 11) is -1.16. The molecule has 1 aromatic carbocycles. The summed E-state index contributed by atoms with van der Waals surface area (Å²) in [6.45, 7) is 0. The average Bonchev–Trinajstić information content (AvgIpc) is 2.47. The van der Waals surface area contributed by atoms with E-state index < -0.39 is 15.7 Å². The molecule has 1 heterocycles. The van der Waals surface area contributed by atoms with Gasteiger partial charge in [-0.15, -0.1) is 0 Å². The predicted octanol–water partition coefficient (Wildman–Crippen LogP) is 2.34. The molecule has 1 atom stereocenters. The fourth-order valence-corrected chi connectivity index (χ4v) is 2.21. The number of rotatable bonds is 4. The third-order valence-electron chi connectivity index (χ3n) is 2.61. The second-order valence-corrected chi connectivity index (χ2v) is 5.42. The number of nitro groups is 1. The molecule has 0 saturated heterocycles. The van der Waals surface area contributed by atoms with E-state index in [0.29, 0.717) is 10.6 Å². The summed E-state index contributed by atoms with van der Waals surface area (Å²) in [5.74, 6) is -0.0296. The van der Waals surface area contributed by atoms with Gasteiger partial charge in [0.1, 0.15) is 11.8 Å². The largest absolute Gasteiger partial charge is 0.334 e. The molecule has 0 fully saturated rings. The van der Waals surface area contributed by atoms with Crippen LogP contribution in [0.3, 0.4) is 0 Å². The standard InChI is InChI=1S/C13H10N4O3S/c1-21(20)11-4-2-3-9(7-11)15-13-12(17(18)19)6-5-10(8-14)16-13/h2-7H,1H3,(H,15,16). The fraction of sp³-hybridized carbons (Fsp3) is 0.0769. The van der Waals surface area contributed by atoms with Crippen molar-refractivity contribution in [2.24, 2.45) is 0 Å². The summed E-state index contributed by atoms with van der Waals surface area (Å²) in [6, 6.07) is 11.0. The van der Waals surface area contributed by atoms with Gasteiger partial charge >= 0.3 is 5.69 Å². The first kappa shape index (κ1) is 14.6. The van der Waals surface area contributed by atoms with Crippen LogP contribution in [-0.2, 0) is 10.8 Å². The first-order valence-electron chi connectivity index (χ1n) is 5.77. The van der Waals surface area contributed by atoms with Crippen LogP contribution in [0.4, 0.5) is 17.2 Å². The Bertz CT molecular complexity index is 770. The lowest BCUT2D eigenvalue weighted by molar-refractivity contribution is -0.384. The molecular weight excluding hydrogens is 292 g/mol.